The number of hydrogen-bond donors (Lipinski definition) is 2. The van der Waals surface area contributed by atoms with E-state index in [4.69, 9.17) is 14.6 Å². The number of carboxylic acid groups (broad SMARTS) is 1. The number of benzene rings is 2. The van der Waals surface area contributed by atoms with Gasteiger partial charge in [-0.3, -0.25) is 4.79 Å². The Morgan fingerprint density at radius 2 is 2.07 bits per heavy atom. The molecule has 2 N–H and O–H groups in total. The van der Waals surface area contributed by atoms with Gasteiger partial charge in [0.1, 0.15) is 11.6 Å². The van der Waals surface area contributed by atoms with E-state index in [9.17, 15) is 14.9 Å². The van der Waals surface area contributed by atoms with Crippen LogP contribution in [0.3, 0.4) is 0 Å². The van der Waals surface area contributed by atoms with Crippen LogP contribution in [0.15, 0.2) is 46.4 Å². The maximum Gasteiger partial charge on any atom is 0.335 e. The number of nitrogens with zero attached hydrogens (tertiary/aromatic N) is 1. The molecule has 1 amide bonds. The number of anilines is 1. The van der Waals surface area contributed by atoms with Crippen LogP contribution in [0.2, 0.25) is 0 Å². The lowest BCUT2D eigenvalue weighted by molar-refractivity contribution is -0.112. The van der Waals surface area contributed by atoms with E-state index < -0.39 is 11.9 Å². The van der Waals surface area contributed by atoms with Crippen LogP contribution in [0, 0.1) is 11.3 Å². The number of carboxylic acids is 1. The first-order chi connectivity index (χ1) is 14.3. The van der Waals surface area contributed by atoms with Gasteiger partial charge in [0.2, 0.25) is 0 Å². The lowest BCUT2D eigenvalue weighted by Crippen LogP contribution is -2.14. The SMILES string of the molecule is CC[C@H](C)Oc1c(Br)cc(/C=C(/C#N)C(=O)Nc2cccc(C(=O)O)c2)cc1OC. The molecule has 2 rings (SSSR count). The first-order valence-corrected chi connectivity index (χ1v) is 9.89. The third kappa shape index (κ3) is 5.84. The van der Waals surface area contributed by atoms with E-state index in [1.54, 1.807) is 18.2 Å². The van der Waals surface area contributed by atoms with Crippen molar-refractivity contribution in [3.63, 3.8) is 0 Å². The fourth-order valence-corrected chi connectivity index (χ4v) is 3.02. The van der Waals surface area contributed by atoms with E-state index in [1.807, 2.05) is 19.9 Å². The van der Waals surface area contributed by atoms with Crippen molar-refractivity contribution in [3.05, 3.63) is 57.6 Å². The summed E-state index contributed by atoms with van der Waals surface area (Å²) in [5.41, 5.74) is 0.708. The highest BCUT2D eigenvalue weighted by molar-refractivity contribution is 9.10. The average Bonchev–Trinajstić information content (AvgIpc) is 2.73. The van der Waals surface area contributed by atoms with Gasteiger partial charge in [0, 0.05) is 5.69 Å². The quantitative estimate of drug-likeness (QED) is 0.418. The van der Waals surface area contributed by atoms with E-state index in [1.165, 1.54) is 31.4 Å². The molecule has 7 nitrogen and oxygen atoms in total. The number of hydrogen-bond acceptors (Lipinski definition) is 5. The van der Waals surface area contributed by atoms with Gasteiger partial charge < -0.3 is 19.9 Å². The molecular formula is C22H21BrN2O5. The molecule has 0 fully saturated rings. The summed E-state index contributed by atoms with van der Waals surface area (Å²) >= 11 is 3.45. The first-order valence-electron chi connectivity index (χ1n) is 9.09. The number of ether oxygens (including phenoxy) is 2. The average molecular weight is 473 g/mol. The summed E-state index contributed by atoms with van der Waals surface area (Å²) in [6.07, 6.45) is 2.22. The van der Waals surface area contributed by atoms with Gasteiger partial charge in [-0.2, -0.15) is 5.26 Å². The van der Waals surface area contributed by atoms with Crippen molar-refractivity contribution in [1.29, 1.82) is 5.26 Å². The van der Waals surface area contributed by atoms with Crippen LogP contribution in [0.25, 0.3) is 6.08 Å². The summed E-state index contributed by atoms with van der Waals surface area (Å²) in [5, 5.41) is 21.0. The number of carbonyl (C=O) groups is 2. The Balaban J connectivity index is 2.32. The van der Waals surface area contributed by atoms with Crippen molar-refractivity contribution in [2.24, 2.45) is 0 Å². The van der Waals surface area contributed by atoms with Crippen LogP contribution in [0.4, 0.5) is 5.69 Å². The van der Waals surface area contributed by atoms with Gasteiger partial charge in [-0.15, -0.1) is 0 Å². The monoisotopic (exact) mass is 472 g/mol. The number of carbonyl (C=O) groups excluding carboxylic acids is 1. The minimum atomic E-state index is -1.11. The zero-order valence-corrected chi connectivity index (χ0v) is 18.3. The Bertz CT molecular complexity index is 1030. The second-order valence-electron chi connectivity index (χ2n) is 6.38. The fourth-order valence-electron chi connectivity index (χ4n) is 2.47. The fraction of sp³-hybridized carbons (Fsp3) is 0.227. The van der Waals surface area contributed by atoms with Gasteiger partial charge in [0.25, 0.3) is 5.91 Å². The number of rotatable bonds is 8. The van der Waals surface area contributed by atoms with Crippen molar-refractivity contribution in [2.45, 2.75) is 26.4 Å². The van der Waals surface area contributed by atoms with Crippen LogP contribution in [0.5, 0.6) is 11.5 Å². The zero-order chi connectivity index (χ0) is 22.3. The maximum atomic E-state index is 12.5. The number of methoxy groups -OCH3 is 1. The zero-order valence-electron chi connectivity index (χ0n) is 16.7. The van der Waals surface area contributed by atoms with Crippen LogP contribution < -0.4 is 14.8 Å². The molecule has 0 unspecified atom stereocenters. The molecule has 0 aliphatic rings. The van der Waals surface area contributed by atoms with E-state index in [2.05, 4.69) is 21.2 Å². The molecule has 1 atom stereocenters. The molecule has 0 aliphatic heterocycles. The van der Waals surface area contributed by atoms with Crippen molar-refractivity contribution < 1.29 is 24.2 Å². The predicted molar refractivity (Wildman–Crippen MR) is 117 cm³/mol. The van der Waals surface area contributed by atoms with Gasteiger partial charge in [-0.25, -0.2) is 4.79 Å². The van der Waals surface area contributed by atoms with Crippen LogP contribution >= 0.6 is 15.9 Å². The van der Waals surface area contributed by atoms with E-state index >= 15 is 0 Å². The summed E-state index contributed by atoms with van der Waals surface area (Å²) in [7, 11) is 1.51. The molecule has 2 aromatic carbocycles. The second-order valence-corrected chi connectivity index (χ2v) is 7.24. The van der Waals surface area contributed by atoms with Gasteiger partial charge in [0.15, 0.2) is 11.5 Å². The van der Waals surface area contributed by atoms with Crippen molar-refractivity contribution in [1.82, 2.24) is 0 Å². The van der Waals surface area contributed by atoms with Gasteiger partial charge in [0.05, 0.1) is 23.2 Å². The Kier molecular flexibility index (Phi) is 8.01. The van der Waals surface area contributed by atoms with E-state index in [-0.39, 0.29) is 22.9 Å². The number of halogens is 1. The minimum absolute atomic E-state index is 0.0152. The highest BCUT2D eigenvalue weighted by Gasteiger charge is 2.16. The molecule has 0 spiro atoms. The predicted octanol–water partition coefficient (Wildman–Crippen LogP) is 4.88. The normalized spacial score (nSPS) is 11.9. The minimum Gasteiger partial charge on any atom is -0.493 e. The molecule has 30 heavy (non-hydrogen) atoms. The van der Waals surface area contributed by atoms with Crippen molar-refractivity contribution in [3.8, 4) is 17.6 Å². The molecule has 2 aromatic rings. The Labute approximate surface area is 183 Å². The molecule has 0 heterocycles. The molecule has 0 bridgehead atoms. The summed E-state index contributed by atoms with van der Waals surface area (Å²) < 4.78 is 11.9. The summed E-state index contributed by atoms with van der Waals surface area (Å²) in [4.78, 5) is 23.6. The standard InChI is InChI=1S/C22H21BrN2O5/c1-4-13(2)30-20-18(23)9-14(10-19(20)29-3)8-16(12-24)21(26)25-17-7-5-6-15(11-17)22(27)28/h5-11,13H,4H2,1-3H3,(H,25,26)(H,27,28)/b16-8-/t13-/m0/s1. The largest absolute Gasteiger partial charge is 0.493 e. The van der Waals surface area contributed by atoms with Gasteiger partial charge in [-0.05, 0) is 71.2 Å². The van der Waals surface area contributed by atoms with Crippen molar-refractivity contribution >= 4 is 39.6 Å². The number of aromatic carboxylic acids is 1. The molecule has 156 valence electrons. The lowest BCUT2D eigenvalue weighted by atomic mass is 10.1. The highest BCUT2D eigenvalue weighted by atomic mass is 79.9. The Hall–Kier alpha value is -3.31. The molecule has 8 heteroatoms. The molecule has 0 saturated heterocycles. The Morgan fingerprint density at radius 1 is 1.33 bits per heavy atom. The van der Waals surface area contributed by atoms with Crippen LogP contribution in [-0.4, -0.2) is 30.2 Å². The second kappa shape index (κ2) is 10.5. The molecular weight excluding hydrogens is 452 g/mol. The van der Waals surface area contributed by atoms with Gasteiger partial charge >= 0.3 is 5.97 Å². The number of amides is 1. The molecule has 0 aromatic heterocycles. The third-order valence-corrected chi connectivity index (χ3v) is 4.78. The molecule has 0 radical (unpaired) electrons. The summed E-state index contributed by atoms with van der Waals surface area (Å²) in [6.45, 7) is 3.95. The van der Waals surface area contributed by atoms with Gasteiger partial charge in [-0.1, -0.05) is 13.0 Å². The van der Waals surface area contributed by atoms with Crippen LogP contribution in [-0.2, 0) is 4.79 Å². The highest BCUT2D eigenvalue weighted by Crippen LogP contribution is 2.38. The number of nitriles is 1. The Morgan fingerprint density at radius 3 is 2.67 bits per heavy atom. The van der Waals surface area contributed by atoms with Crippen molar-refractivity contribution in [2.75, 3.05) is 12.4 Å². The molecule has 0 saturated carbocycles. The summed E-state index contributed by atoms with van der Waals surface area (Å²) in [6, 6.07) is 11.0. The smallest absolute Gasteiger partial charge is 0.335 e. The topological polar surface area (TPSA) is 109 Å². The summed E-state index contributed by atoms with van der Waals surface area (Å²) in [5.74, 6) is -0.769. The van der Waals surface area contributed by atoms with Crippen LogP contribution in [0.1, 0.15) is 36.2 Å². The maximum absolute atomic E-state index is 12.5. The lowest BCUT2D eigenvalue weighted by Gasteiger charge is -2.17. The molecule has 0 aliphatic carbocycles. The third-order valence-electron chi connectivity index (χ3n) is 4.19. The van der Waals surface area contributed by atoms with E-state index in [0.717, 1.165) is 6.42 Å². The number of nitrogens with one attached hydrogen (secondary N) is 1. The first kappa shape index (κ1) is 23.0. The van der Waals surface area contributed by atoms with E-state index in [0.29, 0.717) is 21.5 Å².